The maximum Gasteiger partial charge on any atom is 0.0593 e. The molecule has 0 aromatic heterocycles. The molecular formula is C18H38N2O2. The lowest BCUT2D eigenvalue weighted by atomic mass is 10.2. The second-order valence-electron chi connectivity index (χ2n) is 6.63. The third-order valence-corrected chi connectivity index (χ3v) is 4.23. The molecule has 1 rings (SSSR count). The van der Waals surface area contributed by atoms with E-state index in [9.17, 15) is 0 Å². The molecule has 1 saturated heterocycles. The van der Waals surface area contributed by atoms with Crippen LogP contribution in [0.1, 0.15) is 52.9 Å². The van der Waals surface area contributed by atoms with E-state index in [0.29, 0.717) is 6.10 Å². The van der Waals surface area contributed by atoms with Gasteiger partial charge in [0.1, 0.15) is 0 Å². The van der Waals surface area contributed by atoms with Gasteiger partial charge in [-0.25, -0.2) is 0 Å². The summed E-state index contributed by atoms with van der Waals surface area (Å²) < 4.78 is 11.2. The number of ether oxygens (including phenoxy) is 2. The molecule has 0 aromatic rings. The summed E-state index contributed by atoms with van der Waals surface area (Å²) in [6.45, 7) is 16.4. The molecule has 4 nitrogen and oxygen atoms in total. The number of unbranched alkanes of at least 4 members (excludes halogenated alkanes) is 3. The monoisotopic (exact) mass is 314 g/mol. The van der Waals surface area contributed by atoms with Crippen LogP contribution >= 0.6 is 0 Å². The lowest BCUT2D eigenvalue weighted by molar-refractivity contribution is 0.0697. The third kappa shape index (κ3) is 10.5. The van der Waals surface area contributed by atoms with E-state index in [1.807, 2.05) is 0 Å². The van der Waals surface area contributed by atoms with Crippen molar-refractivity contribution < 1.29 is 9.47 Å². The highest BCUT2D eigenvalue weighted by molar-refractivity contribution is 4.71. The van der Waals surface area contributed by atoms with Gasteiger partial charge >= 0.3 is 0 Å². The van der Waals surface area contributed by atoms with Crippen LogP contribution in [0.15, 0.2) is 0 Å². The van der Waals surface area contributed by atoms with E-state index in [1.165, 1.54) is 64.8 Å². The Balaban J connectivity index is 1.90. The SMILES string of the molecule is CCCCOCCN1CCN(CCCCCOC(C)C)CC1. The second-order valence-corrected chi connectivity index (χ2v) is 6.63. The molecule has 0 radical (unpaired) electrons. The lowest BCUT2D eigenvalue weighted by Crippen LogP contribution is -2.47. The molecule has 0 saturated carbocycles. The molecule has 1 aliphatic rings. The summed E-state index contributed by atoms with van der Waals surface area (Å²) in [5.74, 6) is 0. The first-order chi connectivity index (χ1) is 10.7. The van der Waals surface area contributed by atoms with Gasteiger partial charge in [-0.05, 0) is 46.1 Å². The quantitative estimate of drug-likeness (QED) is 0.488. The number of nitrogens with zero attached hydrogens (tertiary/aromatic N) is 2. The smallest absolute Gasteiger partial charge is 0.0593 e. The Bertz CT molecular complexity index is 241. The maximum atomic E-state index is 5.66. The van der Waals surface area contributed by atoms with Crippen molar-refractivity contribution in [3.05, 3.63) is 0 Å². The first-order valence-electron chi connectivity index (χ1n) is 9.36. The number of piperazine rings is 1. The van der Waals surface area contributed by atoms with Crippen LogP contribution in [-0.4, -0.2) is 75.0 Å². The van der Waals surface area contributed by atoms with Gasteiger partial charge in [0.15, 0.2) is 0 Å². The van der Waals surface area contributed by atoms with Crippen molar-refractivity contribution in [3.63, 3.8) is 0 Å². The van der Waals surface area contributed by atoms with Gasteiger partial charge < -0.3 is 14.4 Å². The fraction of sp³-hybridized carbons (Fsp3) is 1.00. The summed E-state index contributed by atoms with van der Waals surface area (Å²) in [5, 5.41) is 0. The molecular weight excluding hydrogens is 276 g/mol. The number of hydrogen-bond donors (Lipinski definition) is 0. The van der Waals surface area contributed by atoms with Crippen LogP contribution in [-0.2, 0) is 9.47 Å². The van der Waals surface area contributed by atoms with Gasteiger partial charge in [0.2, 0.25) is 0 Å². The summed E-state index contributed by atoms with van der Waals surface area (Å²) >= 11 is 0. The first kappa shape index (κ1) is 19.9. The van der Waals surface area contributed by atoms with E-state index >= 15 is 0 Å². The average Bonchev–Trinajstić information content (AvgIpc) is 2.51. The summed E-state index contributed by atoms with van der Waals surface area (Å²) in [5.41, 5.74) is 0. The minimum absolute atomic E-state index is 0.374. The molecule has 0 amide bonds. The largest absolute Gasteiger partial charge is 0.380 e. The minimum atomic E-state index is 0.374. The van der Waals surface area contributed by atoms with Crippen molar-refractivity contribution in [2.45, 2.75) is 59.0 Å². The van der Waals surface area contributed by atoms with Gasteiger partial charge in [-0.3, -0.25) is 4.90 Å². The molecule has 0 bridgehead atoms. The fourth-order valence-corrected chi connectivity index (χ4v) is 2.71. The van der Waals surface area contributed by atoms with Crippen molar-refractivity contribution >= 4 is 0 Å². The van der Waals surface area contributed by atoms with Crippen LogP contribution in [0, 0.1) is 0 Å². The van der Waals surface area contributed by atoms with Crippen LogP contribution < -0.4 is 0 Å². The van der Waals surface area contributed by atoms with E-state index in [0.717, 1.165) is 26.4 Å². The zero-order valence-electron chi connectivity index (χ0n) is 15.2. The minimum Gasteiger partial charge on any atom is -0.380 e. The van der Waals surface area contributed by atoms with Crippen LogP contribution in [0.25, 0.3) is 0 Å². The summed E-state index contributed by atoms with van der Waals surface area (Å²) in [7, 11) is 0. The molecule has 1 fully saturated rings. The zero-order valence-corrected chi connectivity index (χ0v) is 15.2. The third-order valence-electron chi connectivity index (χ3n) is 4.23. The van der Waals surface area contributed by atoms with Crippen LogP contribution in [0.4, 0.5) is 0 Å². The van der Waals surface area contributed by atoms with E-state index in [-0.39, 0.29) is 0 Å². The highest BCUT2D eigenvalue weighted by Gasteiger charge is 2.15. The second kappa shape index (κ2) is 13.3. The molecule has 0 unspecified atom stereocenters. The average molecular weight is 315 g/mol. The highest BCUT2D eigenvalue weighted by atomic mass is 16.5. The topological polar surface area (TPSA) is 24.9 Å². The van der Waals surface area contributed by atoms with Gasteiger partial charge in [0.25, 0.3) is 0 Å². The maximum absolute atomic E-state index is 5.66. The van der Waals surface area contributed by atoms with E-state index < -0.39 is 0 Å². The summed E-state index contributed by atoms with van der Waals surface area (Å²) in [4.78, 5) is 5.15. The van der Waals surface area contributed by atoms with E-state index in [2.05, 4.69) is 30.6 Å². The Morgan fingerprint density at radius 2 is 1.45 bits per heavy atom. The van der Waals surface area contributed by atoms with Crippen LogP contribution in [0.2, 0.25) is 0 Å². The Morgan fingerprint density at radius 1 is 0.773 bits per heavy atom. The first-order valence-corrected chi connectivity index (χ1v) is 9.36. The Labute approximate surface area is 138 Å². The molecule has 0 atom stereocenters. The van der Waals surface area contributed by atoms with Gasteiger partial charge in [-0.1, -0.05) is 13.3 Å². The fourth-order valence-electron chi connectivity index (χ4n) is 2.71. The van der Waals surface area contributed by atoms with Crippen molar-refractivity contribution in [1.29, 1.82) is 0 Å². The molecule has 1 heterocycles. The van der Waals surface area contributed by atoms with Crippen molar-refractivity contribution in [2.24, 2.45) is 0 Å². The Hall–Kier alpha value is -0.160. The zero-order chi connectivity index (χ0) is 16.0. The van der Waals surface area contributed by atoms with Gasteiger partial charge in [-0.2, -0.15) is 0 Å². The van der Waals surface area contributed by atoms with Crippen LogP contribution in [0.5, 0.6) is 0 Å². The van der Waals surface area contributed by atoms with Crippen molar-refractivity contribution in [2.75, 3.05) is 59.1 Å². The van der Waals surface area contributed by atoms with Gasteiger partial charge in [0.05, 0.1) is 12.7 Å². The molecule has 22 heavy (non-hydrogen) atoms. The normalized spacial score (nSPS) is 17.5. The molecule has 0 aromatic carbocycles. The predicted octanol–water partition coefficient (Wildman–Crippen LogP) is 3.02. The lowest BCUT2D eigenvalue weighted by Gasteiger charge is -2.34. The van der Waals surface area contributed by atoms with E-state index in [1.54, 1.807) is 0 Å². The molecule has 0 N–H and O–H groups in total. The molecule has 132 valence electrons. The number of hydrogen-bond acceptors (Lipinski definition) is 4. The highest BCUT2D eigenvalue weighted by Crippen LogP contribution is 2.05. The molecule has 1 aliphatic heterocycles. The molecule has 0 aliphatic carbocycles. The molecule has 4 heteroatoms. The van der Waals surface area contributed by atoms with Crippen LogP contribution in [0.3, 0.4) is 0 Å². The summed E-state index contributed by atoms with van der Waals surface area (Å²) in [6.07, 6.45) is 6.59. The van der Waals surface area contributed by atoms with Crippen molar-refractivity contribution in [1.82, 2.24) is 9.80 Å². The Morgan fingerprint density at radius 3 is 2.09 bits per heavy atom. The molecule has 0 spiro atoms. The number of rotatable bonds is 13. The van der Waals surface area contributed by atoms with Crippen molar-refractivity contribution in [3.8, 4) is 0 Å². The predicted molar refractivity (Wildman–Crippen MR) is 93.5 cm³/mol. The Kier molecular flexibility index (Phi) is 12.0. The van der Waals surface area contributed by atoms with Gasteiger partial charge in [-0.15, -0.1) is 0 Å². The van der Waals surface area contributed by atoms with E-state index in [4.69, 9.17) is 9.47 Å². The summed E-state index contributed by atoms with van der Waals surface area (Å²) in [6, 6.07) is 0. The van der Waals surface area contributed by atoms with Gasteiger partial charge in [0, 0.05) is 45.9 Å². The standard InChI is InChI=1S/C18H38N2O2/c1-4-5-15-21-17-14-20-12-10-19(11-13-20)9-7-6-8-16-22-18(2)3/h18H,4-17H2,1-3H3.